The first-order chi connectivity index (χ1) is 9.60. The SMILES string of the molecule is CCCc1cc(=O)[nH]c(SCc2cccc(N)c2C)n1. The number of rotatable bonds is 5. The van der Waals surface area contributed by atoms with E-state index in [1.165, 1.54) is 17.3 Å². The average molecular weight is 289 g/mol. The van der Waals surface area contributed by atoms with Crippen LogP contribution in [0.1, 0.15) is 30.2 Å². The first-order valence-electron chi connectivity index (χ1n) is 6.67. The lowest BCUT2D eigenvalue weighted by atomic mass is 10.1. The summed E-state index contributed by atoms with van der Waals surface area (Å²) in [6.07, 6.45) is 1.81. The van der Waals surface area contributed by atoms with Crippen molar-refractivity contribution in [3.05, 3.63) is 51.4 Å². The molecule has 0 saturated carbocycles. The van der Waals surface area contributed by atoms with Crippen molar-refractivity contribution in [3.8, 4) is 0 Å². The van der Waals surface area contributed by atoms with E-state index in [0.29, 0.717) is 5.16 Å². The van der Waals surface area contributed by atoms with Crippen LogP contribution in [-0.4, -0.2) is 9.97 Å². The van der Waals surface area contributed by atoms with Gasteiger partial charge in [-0.25, -0.2) is 4.98 Å². The van der Waals surface area contributed by atoms with Gasteiger partial charge in [-0.3, -0.25) is 4.79 Å². The molecule has 2 aromatic rings. The van der Waals surface area contributed by atoms with Gasteiger partial charge in [-0.05, 0) is 30.5 Å². The van der Waals surface area contributed by atoms with Gasteiger partial charge in [0.15, 0.2) is 5.16 Å². The van der Waals surface area contributed by atoms with Crippen LogP contribution in [0.2, 0.25) is 0 Å². The minimum atomic E-state index is -0.0877. The Morgan fingerprint density at radius 1 is 1.40 bits per heavy atom. The molecule has 0 bridgehead atoms. The van der Waals surface area contributed by atoms with E-state index < -0.39 is 0 Å². The first kappa shape index (κ1) is 14.7. The number of thioether (sulfide) groups is 1. The van der Waals surface area contributed by atoms with Gasteiger partial charge in [-0.1, -0.05) is 37.2 Å². The Hall–Kier alpha value is -1.75. The van der Waals surface area contributed by atoms with Gasteiger partial charge >= 0.3 is 0 Å². The highest BCUT2D eigenvalue weighted by Crippen LogP contribution is 2.23. The van der Waals surface area contributed by atoms with Crippen molar-refractivity contribution in [2.75, 3.05) is 5.73 Å². The maximum absolute atomic E-state index is 11.6. The fourth-order valence-electron chi connectivity index (χ4n) is 1.94. The second-order valence-corrected chi connectivity index (χ2v) is 5.68. The molecule has 0 spiro atoms. The maximum atomic E-state index is 11.6. The zero-order chi connectivity index (χ0) is 14.5. The number of nitrogens with two attached hydrogens (primary N) is 1. The molecule has 2 rings (SSSR count). The van der Waals surface area contributed by atoms with Gasteiger partial charge in [-0.2, -0.15) is 0 Å². The number of benzene rings is 1. The summed E-state index contributed by atoms with van der Waals surface area (Å²) in [5, 5.41) is 0.669. The molecular formula is C15H19N3OS. The van der Waals surface area contributed by atoms with Crippen LogP contribution < -0.4 is 11.3 Å². The molecule has 5 heteroatoms. The number of nitrogens with zero attached hydrogens (tertiary/aromatic N) is 1. The third-order valence-corrected chi connectivity index (χ3v) is 4.05. The number of nitrogen functional groups attached to an aromatic ring is 1. The molecule has 0 saturated heterocycles. The highest BCUT2D eigenvalue weighted by atomic mass is 32.2. The normalized spacial score (nSPS) is 10.7. The van der Waals surface area contributed by atoms with E-state index >= 15 is 0 Å². The number of hydrogen-bond donors (Lipinski definition) is 2. The molecule has 0 aliphatic rings. The number of nitrogens with one attached hydrogen (secondary N) is 1. The molecule has 0 aliphatic carbocycles. The van der Waals surface area contributed by atoms with Crippen molar-refractivity contribution in [3.63, 3.8) is 0 Å². The predicted octanol–water partition coefficient (Wildman–Crippen LogP) is 2.91. The molecular weight excluding hydrogens is 270 g/mol. The molecule has 1 aromatic carbocycles. The summed E-state index contributed by atoms with van der Waals surface area (Å²) in [4.78, 5) is 18.8. The molecule has 1 aromatic heterocycles. The van der Waals surface area contributed by atoms with Gasteiger partial charge in [0.25, 0.3) is 5.56 Å². The smallest absolute Gasteiger partial charge is 0.251 e. The number of hydrogen-bond acceptors (Lipinski definition) is 4. The fourth-order valence-corrected chi connectivity index (χ4v) is 2.90. The molecule has 4 nitrogen and oxygen atoms in total. The molecule has 20 heavy (non-hydrogen) atoms. The standard InChI is InChI=1S/C15H19N3OS/c1-3-5-12-8-14(19)18-15(17-12)20-9-11-6-4-7-13(16)10(11)2/h4,6-8H,3,5,9,16H2,1-2H3,(H,17,18,19). The Bertz CT molecular complexity index is 652. The number of aromatic nitrogens is 2. The molecule has 3 N–H and O–H groups in total. The van der Waals surface area contributed by atoms with Crippen molar-refractivity contribution in [1.29, 1.82) is 0 Å². The largest absolute Gasteiger partial charge is 0.399 e. The third kappa shape index (κ3) is 3.63. The highest BCUT2D eigenvalue weighted by molar-refractivity contribution is 7.98. The van der Waals surface area contributed by atoms with Crippen molar-refractivity contribution in [2.24, 2.45) is 0 Å². The Morgan fingerprint density at radius 2 is 2.20 bits per heavy atom. The molecule has 0 aliphatic heterocycles. The number of H-pyrrole nitrogens is 1. The van der Waals surface area contributed by atoms with Crippen LogP contribution in [0.3, 0.4) is 0 Å². The van der Waals surface area contributed by atoms with E-state index in [4.69, 9.17) is 5.73 Å². The summed E-state index contributed by atoms with van der Waals surface area (Å²) >= 11 is 1.53. The maximum Gasteiger partial charge on any atom is 0.251 e. The number of aromatic amines is 1. The second kappa shape index (κ2) is 6.61. The number of anilines is 1. The van der Waals surface area contributed by atoms with Crippen molar-refractivity contribution >= 4 is 17.4 Å². The minimum Gasteiger partial charge on any atom is -0.399 e. The first-order valence-corrected chi connectivity index (χ1v) is 7.65. The van der Waals surface area contributed by atoms with Crippen LogP contribution in [0.4, 0.5) is 5.69 Å². The van der Waals surface area contributed by atoms with E-state index in [-0.39, 0.29) is 5.56 Å². The Balaban J connectivity index is 2.14. The van der Waals surface area contributed by atoms with E-state index in [1.54, 1.807) is 6.07 Å². The summed E-state index contributed by atoms with van der Waals surface area (Å²) < 4.78 is 0. The van der Waals surface area contributed by atoms with Crippen LogP contribution in [0.5, 0.6) is 0 Å². The Labute approximate surface area is 122 Å². The highest BCUT2D eigenvalue weighted by Gasteiger charge is 2.05. The fraction of sp³-hybridized carbons (Fsp3) is 0.333. The van der Waals surface area contributed by atoms with Crippen LogP contribution in [0.25, 0.3) is 0 Å². The molecule has 0 atom stereocenters. The quantitative estimate of drug-likeness (QED) is 0.504. The van der Waals surface area contributed by atoms with Gasteiger partial charge in [0, 0.05) is 23.2 Å². The topological polar surface area (TPSA) is 71.8 Å². The van der Waals surface area contributed by atoms with Crippen LogP contribution in [0, 0.1) is 6.92 Å². The summed E-state index contributed by atoms with van der Waals surface area (Å²) in [5.74, 6) is 0.745. The second-order valence-electron chi connectivity index (χ2n) is 4.71. The lowest BCUT2D eigenvalue weighted by Crippen LogP contribution is -2.10. The third-order valence-electron chi connectivity index (χ3n) is 3.13. The zero-order valence-electron chi connectivity index (χ0n) is 11.8. The van der Waals surface area contributed by atoms with E-state index in [2.05, 4.69) is 16.9 Å². The summed E-state index contributed by atoms with van der Waals surface area (Å²) in [6.45, 7) is 4.08. The van der Waals surface area contributed by atoms with E-state index in [1.807, 2.05) is 25.1 Å². The molecule has 0 amide bonds. The van der Waals surface area contributed by atoms with Crippen molar-refractivity contribution < 1.29 is 0 Å². The lowest BCUT2D eigenvalue weighted by molar-refractivity contribution is 0.816. The predicted molar refractivity (Wildman–Crippen MR) is 84.0 cm³/mol. The summed E-state index contributed by atoms with van der Waals surface area (Å²) in [5.41, 5.74) is 9.71. The van der Waals surface area contributed by atoms with E-state index in [0.717, 1.165) is 35.5 Å². The van der Waals surface area contributed by atoms with Gasteiger partial charge < -0.3 is 10.7 Å². The molecule has 1 heterocycles. The summed E-state index contributed by atoms with van der Waals surface area (Å²) in [7, 11) is 0. The van der Waals surface area contributed by atoms with Gasteiger partial charge in [0.05, 0.1) is 0 Å². The van der Waals surface area contributed by atoms with Crippen LogP contribution in [-0.2, 0) is 12.2 Å². The average Bonchev–Trinajstić information content (AvgIpc) is 2.40. The molecule has 106 valence electrons. The van der Waals surface area contributed by atoms with Crippen LogP contribution >= 0.6 is 11.8 Å². The van der Waals surface area contributed by atoms with Gasteiger partial charge in [0.2, 0.25) is 0 Å². The lowest BCUT2D eigenvalue weighted by Gasteiger charge is -2.08. The molecule has 0 unspecified atom stereocenters. The minimum absolute atomic E-state index is 0.0877. The van der Waals surface area contributed by atoms with E-state index in [9.17, 15) is 4.79 Å². The van der Waals surface area contributed by atoms with Crippen molar-refractivity contribution in [1.82, 2.24) is 9.97 Å². The van der Waals surface area contributed by atoms with Gasteiger partial charge in [-0.15, -0.1) is 0 Å². The number of aryl methyl sites for hydroxylation is 1. The Morgan fingerprint density at radius 3 is 2.95 bits per heavy atom. The zero-order valence-corrected chi connectivity index (χ0v) is 12.6. The molecule has 0 radical (unpaired) electrons. The van der Waals surface area contributed by atoms with Crippen molar-refractivity contribution in [2.45, 2.75) is 37.6 Å². The summed E-state index contributed by atoms with van der Waals surface area (Å²) in [6, 6.07) is 7.46. The van der Waals surface area contributed by atoms with Crippen LogP contribution in [0.15, 0.2) is 34.2 Å². The molecule has 0 fully saturated rings. The monoisotopic (exact) mass is 289 g/mol. The van der Waals surface area contributed by atoms with Gasteiger partial charge in [0.1, 0.15) is 0 Å². The Kier molecular flexibility index (Phi) is 4.84.